The van der Waals surface area contributed by atoms with Gasteiger partial charge in [0.25, 0.3) is 0 Å². The Balaban J connectivity index is 0.000000673. The normalized spacial score (nSPS) is 10.6. The van der Waals surface area contributed by atoms with Crippen molar-refractivity contribution in [2.75, 3.05) is 0 Å². The lowest BCUT2D eigenvalue weighted by Crippen LogP contribution is -2.05. The van der Waals surface area contributed by atoms with Crippen LogP contribution in [0.3, 0.4) is 0 Å². The smallest absolute Gasteiger partial charge is 0.166 e. The number of rotatable bonds is 2. The Bertz CT molecular complexity index is 289. The SMILES string of the molecule is CCC.CCCc1cccc(C(F)(F)F)c1. The highest BCUT2D eigenvalue weighted by Gasteiger charge is 2.30. The molecule has 0 radical (unpaired) electrons. The van der Waals surface area contributed by atoms with E-state index in [2.05, 4.69) is 13.8 Å². The molecule has 0 aliphatic rings. The first-order valence-electron chi connectivity index (χ1n) is 5.61. The van der Waals surface area contributed by atoms with Gasteiger partial charge in [-0.3, -0.25) is 0 Å². The largest absolute Gasteiger partial charge is 0.416 e. The van der Waals surface area contributed by atoms with Crippen LogP contribution in [0.15, 0.2) is 24.3 Å². The summed E-state index contributed by atoms with van der Waals surface area (Å²) in [6.45, 7) is 6.19. The summed E-state index contributed by atoms with van der Waals surface area (Å²) >= 11 is 0. The number of halogens is 3. The Morgan fingerprint density at radius 3 is 2.06 bits per heavy atom. The van der Waals surface area contributed by atoms with Crippen molar-refractivity contribution in [3.8, 4) is 0 Å². The summed E-state index contributed by atoms with van der Waals surface area (Å²) in [6.07, 6.45) is -1.41. The third-order valence-electron chi connectivity index (χ3n) is 1.79. The van der Waals surface area contributed by atoms with Crippen molar-refractivity contribution in [2.45, 2.75) is 46.2 Å². The molecule has 0 amide bonds. The van der Waals surface area contributed by atoms with Crippen LogP contribution in [0.25, 0.3) is 0 Å². The van der Waals surface area contributed by atoms with Crippen LogP contribution in [0.5, 0.6) is 0 Å². The fraction of sp³-hybridized carbons (Fsp3) is 0.538. The summed E-state index contributed by atoms with van der Waals surface area (Å²) in [5.74, 6) is 0. The van der Waals surface area contributed by atoms with E-state index in [9.17, 15) is 13.2 Å². The van der Waals surface area contributed by atoms with Crippen LogP contribution in [0.4, 0.5) is 13.2 Å². The van der Waals surface area contributed by atoms with Crippen molar-refractivity contribution in [1.82, 2.24) is 0 Å². The first-order chi connectivity index (χ1) is 7.45. The summed E-state index contributed by atoms with van der Waals surface area (Å²) in [7, 11) is 0. The van der Waals surface area contributed by atoms with Gasteiger partial charge in [-0.1, -0.05) is 51.8 Å². The molecule has 0 nitrogen and oxygen atoms in total. The number of hydrogen-bond acceptors (Lipinski definition) is 0. The second-order valence-corrected chi connectivity index (χ2v) is 3.66. The van der Waals surface area contributed by atoms with Crippen LogP contribution in [-0.2, 0) is 12.6 Å². The number of hydrogen-bond donors (Lipinski definition) is 0. The van der Waals surface area contributed by atoms with Crippen molar-refractivity contribution in [3.05, 3.63) is 35.4 Å². The Hall–Kier alpha value is -0.990. The van der Waals surface area contributed by atoms with Crippen molar-refractivity contribution < 1.29 is 13.2 Å². The molecule has 0 atom stereocenters. The van der Waals surface area contributed by atoms with E-state index in [0.29, 0.717) is 6.42 Å². The van der Waals surface area contributed by atoms with Gasteiger partial charge in [0.05, 0.1) is 5.56 Å². The molecule has 0 aliphatic heterocycles. The Morgan fingerprint density at radius 2 is 1.62 bits per heavy atom. The highest BCUT2D eigenvalue weighted by Crippen LogP contribution is 2.29. The molecule has 0 saturated heterocycles. The molecule has 0 heterocycles. The van der Waals surface area contributed by atoms with Crippen LogP contribution in [0.2, 0.25) is 0 Å². The average molecular weight is 232 g/mol. The van der Waals surface area contributed by atoms with Gasteiger partial charge in [0, 0.05) is 0 Å². The highest BCUT2D eigenvalue weighted by molar-refractivity contribution is 5.25. The number of benzene rings is 1. The fourth-order valence-electron chi connectivity index (χ4n) is 1.19. The molecule has 0 spiro atoms. The van der Waals surface area contributed by atoms with Crippen LogP contribution in [0.1, 0.15) is 44.7 Å². The van der Waals surface area contributed by atoms with E-state index in [-0.39, 0.29) is 0 Å². The van der Waals surface area contributed by atoms with Gasteiger partial charge < -0.3 is 0 Å². The molecule has 92 valence electrons. The van der Waals surface area contributed by atoms with Gasteiger partial charge in [-0.05, 0) is 18.1 Å². The number of alkyl halides is 3. The molecule has 0 aromatic heterocycles. The van der Waals surface area contributed by atoms with Crippen LogP contribution in [-0.4, -0.2) is 0 Å². The molecular formula is C13H19F3. The van der Waals surface area contributed by atoms with Crippen molar-refractivity contribution in [2.24, 2.45) is 0 Å². The van der Waals surface area contributed by atoms with E-state index < -0.39 is 11.7 Å². The summed E-state index contributed by atoms with van der Waals surface area (Å²) < 4.78 is 36.6. The fourth-order valence-corrected chi connectivity index (χ4v) is 1.19. The minimum atomic E-state index is -4.22. The molecular weight excluding hydrogens is 213 g/mol. The minimum Gasteiger partial charge on any atom is -0.166 e. The molecule has 0 N–H and O–H groups in total. The number of aryl methyl sites for hydroxylation is 1. The minimum absolute atomic E-state index is 0.557. The molecule has 0 unspecified atom stereocenters. The molecule has 1 aromatic carbocycles. The summed E-state index contributed by atoms with van der Waals surface area (Å²) in [5.41, 5.74) is 0.191. The van der Waals surface area contributed by atoms with E-state index in [1.165, 1.54) is 18.6 Å². The van der Waals surface area contributed by atoms with Gasteiger partial charge in [-0.15, -0.1) is 0 Å². The molecule has 16 heavy (non-hydrogen) atoms. The van der Waals surface area contributed by atoms with E-state index >= 15 is 0 Å². The maximum Gasteiger partial charge on any atom is 0.416 e. The predicted octanol–water partition coefficient (Wildman–Crippen LogP) is 5.07. The van der Waals surface area contributed by atoms with Gasteiger partial charge in [-0.2, -0.15) is 13.2 Å². The monoisotopic (exact) mass is 232 g/mol. The molecule has 1 rings (SSSR count). The summed E-state index contributed by atoms with van der Waals surface area (Å²) in [6, 6.07) is 5.48. The van der Waals surface area contributed by atoms with Crippen LogP contribution >= 0.6 is 0 Å². The van der Waals surface area contributed by atoms with Gasteiger partial charge in [0.1, 0.15) is 0 Å². The maximum atomic E-state index is 12.2. The Labute approximate surface area is 95.5 Å². The lowest BCUT2D eigenvalue weighted by Gasteiger charge is -2.07. The maximum absolute atomic E-state index is 12.2. The highest BCUT2D eigenvalue weighted by atomic mass is 19.4. The average Bonchev–Trinajstić information content (AvgIpc) is 2.18. The standard InChI is InChI=1S/C10H11F3.C3H8/c1-2-4-8-5-3-6-9(7-8)10(11,12)13;1-3-2/h3,5-7H,2,4H2,1H3;3H2,1-2H3. The third-order valence-corrected chi connectivity index (χ3v) is 1.79. The zero-order valence-corrected chi connectivity index (χ0v) is 10.1. The molecule has 1 aromatic rings. The van der Waals surface area contributed by atoms with Crippen molar-refractivity contribution in [3.63, 3.8) is 0 Å². The quantitative estimate of drug-likeness (QED) is 0.667. The van der Waals surface area contributed by atoms with Crippen LogP contribution < -0.4 is 0 Å². The zero-order valence-electron chi connectivity index (χ0n) is 10.1. The van der Waals surface area contributed by atoms with Gasteiger partial charge >= 0.3 is 6.18 Å². The first-order valence-corrected chi connectivity index (χ1v) is 5.61. The Kier molecular flexibility index (Phi) is 6.86. The molecule has 0 bridgehead atoms. The van der Waals surface area contributed by atoms with Crippen LogP contribution in [0, 0.1) is 0 Å². The second kappa shape index (κ2) is 7.31. The molecule has 0 aliphatic carbocycles. The lowest BCUT2D eigenvalue weighted by atomic mass is 10.1. The lowest BCUT2D eigenvalue weighted by molar-refractivity contribution is -0.137. The second-order valence-electron chi connectivity index (χ2n) is 3.66. The molecule has 0 fully saturated rings. The van der Waals surface area contributed by atoms with E-state index in [1.807, 2.05) is 6.92 Å². The Morgan fingerprint density at radius 1 is 1.06 bits per heavy atom. The van der Waals surface area contributed by atoms with Gasteiger partial charge in [0.15, 0.2) is 0 Å². The zero-order chi connectivity index (χ0) is 12.6. The first kappa shape index (κ1) is 15.0. The molecule has 3 heteroatoms. The summed E-state index contributed by atoms with van der Waals surface area (Å²) in [5, 5.41) is 0. The van der Waals surface area contributed by atoms with E-state index in [1.54, 1.807) is 6.07 Å². The van der Waals surface area contributed by atoms with Crippen molar-refractivity contribution in [1.29, 1.82) is 0 Å². The molecule has 0 saturated carbocycles. The van der Waals surface area contributed by atoms with E-state index in [4.69, 9.17) is 0 Å². The van der Waals surface area contributed by atoms with Gasteiger partial charge in [0.2, 0.25) is 0 Å². The van der Waals surface area contributed by atoms with Crippen molar-refractivity contribution >= 4 is 0 Å². The topological polar surface area (TPSA) is 0 Å². The third kappa shape index (κ3) is 5.79. The van der Waals surface area contributed by atoms with Gasteiger partial charge in [-0.25, -0.2) is 0 Å². The summed E-state index contributed by atoms with van der Waals surface area (Å²) in [4.78, 5) is 0. The van der Waals surface area contributed by atoms with E-state index in [0.717, 1.165) is 18.1 Å². The predicted molar refractivity (Wildman–Crippen MR) is 61.4 cm³/mol.